The van der Waals surface area contributed by atoms with Crippen LogP contribution in [-0.4, -0.2) is 35.6 Å². The maximum absolute atomic E-state index is 12.0. The standard InChI is InChI=1S/C24H27BrN4O3/c1-15-8-16(2)10-21(9-15)32-14-23(30)27-26-12-19-6-7-20(22(11-19)31-5)13-29-18(4)24(25)17(3)28-29/h6-12H,13-14H2,1-5H3,(H,27,30)/b26-12+. The lowest BCUT2D eigenvalue weighted by atomic mass is 10.1. The van der Waals surface area contributed by atoms with Crippen LogP contribution in [0.5, 0.6) is 11.5 Å². The van der Waals surface area contributed by atoms with Gasteiger partial charge in [-0.25, -0.2) is 5.43 Å². The highest BCUT2D eigenvalue weighted by molar-refractivity contribution is 9.10. The van der Waals surface area contributed by atoms with Crippen molar-refractivity contribution in [1.29, 1.82) is 0 Å². The summed E-state index contributed by atoms with van der Waals surface area (Å²) in [5.41, 5.74) is 8.45. The largest absolute Gasteiger partial charge is 0.496 e. The number of halogens is 1. The van der Waals surface area contributed by atoms with Gasteiger partial charge in [0.25, 0.3) is 5.91 Å². The van der Waals surface area contributed by atoms with E-state index in [4.69, 9.17) is 9.47 Å². The van der Waals surface area contributed by atoms with E-state index in [9.17, 15) is 4.79 Å². The second-order valence-corrected chi connectivity index (χ2v) is 8.41. The van der Waals surface area contributed by atoms with Crippen molar-refractivity contribution in [3.8, 4) is 11.5 Å². The zero-order valence-electron chi connectivity index (χ0n) is 18.9. The Labute approximate surface area is 196 Å². The zero-order valence-corrected chi connectivity index (χ0v) is 20.5. The van der Waals surface area contributed by atoms with E-state index in [1.807, 2.05) is 68.8 Å². The average Bonchev–Trinajstić information content (AvgIpc) is 2.99. The van der Waals surface area contributed by atoms with Crippen molar-refractivity contribution >= 4 is 28.1 Å². The number of amides is 1. The Bertz CT molecular complexity index is 1130. The van der Waals surface area contributed by atoms with Crippen LogP contribution in [0.4, 0.5) is 0 Å². The van der Waals surface area contributed by atoms with Gasteiger partial charge in [-0.3, -0.25) is 9.48 Å². The molecule has 1 heterocycles. The lowest BCUT2D eigenvalue weighted by Gasteiger charge is -2.11. The summed E-state index contributed by atoms with van der Waals surface area (Å²) >= 11 is 3.56. The SMILES string of the molecule is COc1cc(/C=N/NC(=O)COc2cc(C)cc(C)c2)ccc1Cn1nc(C)c(Br)c1C. The van der Waals surface area contributed by atoms with E-state index in [2.05, 4.69) is 31.6 Å². The molecule has 1 N–H and O–H groups in total. The Balaban J connectivity index is 1.59. The molecule has 168 valence electrons. The molecular weight excluding hydrogens is 472 g/mol. The molecule has 32 heavy (non-hydrogen) atoms. The first kappa shape index (κ1) is 23.5. The predicted molar refractivity (Wildman–Crippen MR) is 129 cm³/mol. The molecule has 0 saturated carbocycles. The summed E-state index contributed by atoms with van der Waals surface area (Å²) < 4.78 is 14.0. The van der Waals surface area contributed by atoms with Gasteiger partial charge in [0.15, 0.2) is 6.61 Å². The molecule has 0 unspecified atom stereocenters. The minimum Gasteiger partial charge on any atom is -0.496 e. The fourth-order valence-corrected chi connectivity index (χ4v) is 3.62. The number of carbonyl (C=O) groups excluding carboxylic acids is 1. The number of carbonyl (C=O) groups is 1. The quantitative estimate of drug-likeness (QED) is 0.367. The molecule has 0 bridgehead atoms. The van der Waals surface area contributed by atoms with E-state index < -0.39 is 0 Å². The number of hydrogen-bond acceptors (Lipinski definition) is 5. The Morgan fingerprint density at radius 2 is 1.88 bits per heavy atom. The van der Waals surface area contributed by atoms with E-state index in [-0.39, 0.29) is 12.5 Å². The van der Waals surface area contributed by atoms with Crippen LogP contribution in [0.3, 0.4) is 0 Å². The number of hydrogen-bond donors (Lipinski definition) is 1. The Morgan fingerprint density at radius 1 is 1.16 bits per heavy atom. The number of aryl methyl sites for hydroxylation is 3. The van der Waals surface area contributed by atoms with Gasteiger partial charge >= 0.3 is 0 Å². The van der Waals surface area contributed by atoms with Gasteiger partial charge in [0.05, 0.1) is 35.7 Å². The fraction of sp³-hybridized carbons (Fsp3) is 0.292. The number of ether oxygens (including phenoxy) is 2. The van der Waals surface area contributed by atoms with Gasteiger partial charge in [-0.15, -0.1) is 0 Å². The van der Waals surface area contributed by atoms with Crippen molar-refractivity contribution in [3.05, 3.63) is 74.5 Å². The molecule has 0 aliphatic rings. The highest BCUT2D eigenvalue weighted by Gasteiger charge is 2.12. The molecule has 0 atom stereocenters. The summed E-state index contributed by atoms with van der Waals surface area (Å²) in [5, 5.41) is 8.57. The van der Waals surface area contributed by atoms with Crippen LogP contribution in [-0.2, 0) is 11.3 Å². The van der Waals surface area contributed by atoms with E-state index in [0.29, 0.717) is 12.3 Å². The van der Waals surface area contributed by atoms with Crippen molar-refractivity contribution in [3.63, 3.8) is 0 Å². The molecule has 0 spiro atoms. The highest BCUT2D eigenvalue weighted by atomic mass is 79.9. The van der Waals surface area contributed by atoms with Crippen LogP contribution in [0, 0.1) is 27.7 Å². The molecule has 2 aromatic carbocycles. The topological polar surface area (TPSA) is 77.7 Å². The monoisotopic (exact) mass is 498 g/mol. The van der Waals surface area contributed by atoms with Gasteiger partial charge in [-0.1, -0.05) is 18.2 Å². The van der Waals surface area contributed by atoms with Crippen LogP contribution in [0.15, 0.2) is 46.0 Å². The van der Waals surface area contributed by atoms with Crippen LogP contribution < -0.4 is 14.9 Å². The first-order valence-corrected chi connectivity index (χ1v) is 11.0. The third kappa shape index (κ3) is 5.97. The Hall–Kier alpha value is -3.13. The second kappa shape index (κ2) is 10.5. The molecule has 0 saturated heterocycles. The molecule has 0 aliphatic carbocycles. The van der Waals surface area contributed by atoms with E-state index in [0.717, 1.165) is 43.9 Å². The molecule has 7 nitrogen and oxygen atoms in total. The molecule has 3 aromatic rings. The lowest BCUT2D eigenvalue weighted by Crippen LogP contribution is -2.24. The Kier molecular flexibility index (Phi) is 7.69. The smallest absolute Gasteiger partial charge is 0.277 e. The number of hydrazone groups is 1. The second-order valence-electron chi connectivity index (χ2n) is 7.62. The van der Waals surface area contributed by atoms with Crippen LogP contribution >= 0.6 is 15.9 Å². The normalized spacial score (nSPS) is 11.1. The van der Waals surface area contributed by atoms with Gasteiger partial charge in [-0.05, 0) is 78.5 Å². The summed E-state index contributed by atoms with van der Waals surface area (Å²) in [6.45, 7) is 8.43. The molecule has 1 aromatic heterocycles. The van der Waals surface area contributed by atoms with Gasteiger partial charge in [0, 0.05) is 5.56 Å². The summed E-state index contributed by atoms with van der Waals surface area (Å²) in [6.07, 6.45) is 1.57. The third-order valence-electron chi connectivity index (χ3n) is 4.89. The molecular formula is C24H27BrN4O3. The van der Waals surface area contributed by atoms with Gasteiger partial charge in [-0.2, -0.15) is 10.2 Å². The van der Waals surface area contributed by atoms with Gasteiger partial charge < -0.3 is 9.47 Å². The van der Waals surface area contributed by atoms with Gasteiger partial charge in [0.2, 0.25) is 0 Å². The number of rotatable bonds is 8. The summed E-state index contributed by atoms with van der Waals surface area (Å²) in [4.78, 5) is 12.0. The van der Waals surface area contributed by atoms with Crippen molar-refractivity contribution < 1.29 is 14.3 Å². The molecule has 1 amide bonds. The molecule has 8 heteroatoms. The number of nitrogens with zero attached hydrogens (tertiary/aromatic N) is 3. The number of aromatic nitrogens is 2. The molecule has 0 aliphatic heterocycles. The molecule has 0 radical (unpaired) electrons. The maximum atomic E-state index is 12.0. The van der Waals surface area contributed by atoms with E-state index >= 15 is 0 Å². The number of nitrogens with one attached hydrogen (secondary N) is 1. The van der Waals surface area contributed by atoms with Crippen LogP contribution in [0.1, 0.15) is 33.6 Å². The average molecular weight is 499 g/mol. The lowest BCUT2D eigenvalue weighted by molar-refractivity contribution is -0.123. The van der Waals surface area contributed by atoms with Crippen molar-refractivity contribution in [2.75, 3.05) is 13.7 Å². The molecule has 3 rings (SSSR count). The van der Waals surface area contributed by atoms with Crippen molar-refractivity contribution in [2.24, 2.45) is 5.10 Å². The number of benzene rings is 2. The van der Waals surface area contributed by atoms with E-state index in [1.165, 1.54) is 0 Å². The van der Waals surface area contributed by atoms with Crippen molar-refractivity contribution in [2.45, 2.75) is 34.2 Å². The summed E-state index contributed by atoms with van der Waals surface area (Å²) in [5.74, 6) is 1.05. The summed E-state index contributed by atoms with van der Waals surface area (Å²) in [6, 6.07) is 11.6. The fourth-order valence-electron chi connectivity index (χ4n) is 3.34. The third-order valence-corrected chi connectivity index (χ3v) is 6.04. The highest BCUT2D eigenvalue weighted by Crippen LogP contribution is 2.24. The molecule has 0 fully saturated rings. The minimum absolute atomic E-state index is 0.110. The van der Waals surface area contributed by atoms with Crippen molar-refractivity contribution in [1.82, 2.24) is 15.2 Å². The first-order valence-electron chi connectivity index (χ1n) is 10.2. The predicted octanol–water partition coefficient (Wildman–Crippen LogP) is 4.47. The van der Waals surface area contributed by atoms with Crippen LogP contribution in [0.25, 0.3) is 0 Å². The Morgan fingerprint density at radius 3 is 2.50 bits per heavy atom. The summed E-state index contributed by atoms with van der Waals surface area (Å²) in [7, 11) is 1.63. The maximum Gasteiger partial charge on any atom is 0.277 e. The van der Waals surface area contributed by atoms with E-state index in [1.54, 1.807) is 13.3 Å². The first-order chi connectivity index (χ1) is 15.3. The zero-order chi connectivity index (χ0) is 23.3. The van der Waals surface area contributed by atoms with Crippen LogP contribution in [0.2, 0.25) is 0 Å². The minimum atomic E-state index is -0.334. The number of methoxy groups -OCH3 is 1. The van der Waals surface area contributed by atoms with Gasteiger partial charge in [0.1, 0.15) is 11.5 Å².